The molecule has 2 amide bonds. The van der Waals surface area contributed by atoms with E-state index in [1.807, 2.05) is 34.7 Å². The zero-order chi connectivity index (χ0) is 37.5. The van der Waals surface area contributed by atoms with Crippen molar-refractivity contribution in [2.75, 3.05) is 60.9 Å². The van der Waals surface area contributed by atoms with Crippen LogP contribution < -0.4 is 11.1 Å². The van der Waals surface area contributed by atoms with Gasteiger partial charge < -0.3 is 31.3 Å². The first kappa shape index (κ1) is 59.7. The van der Waals surface area contributed by atoms with Crippen LogP contribution in [0, 0.1) is 35.5 Å². The molecule has 0 aliphatic carbocycles. The van der Waals surface area contributed by atoms with Crippen molar-refractivity contribution < 1.29 is 50.1 Å². The molecule has 0 unspecified atom stereocenters. The van der Waals surface area contributed by atoms with Crippen LogP contribution in [0.1, 0.15) is 96.9 Å². The summed E-state index contributed by atoms with van der Waals surface area (Å²) in [4.78, 5) is 55.6. The summed E-state index contributed by atoms with van der Waals surface area (Å²) >= 11 is 0. The molecule has 0 aromatic rings. The van der Waals surface area contributed by atoms with E-state index < -0.39 is 5.97 Å². The van der Waals surface area contributed by atoms with Gasteiger partial charge in [0.25, 0.3) is 0 Å². The number of nitrogens with zero attached hydrogens (tertiary/aromatic N) is 3. The molecule has 11 nitrogen and oxygen atoms in total. The van der Waals surface area contributed by atoms with Gasteiger partial charge in [-0.15, -0.1) is 6.54 Å². The van der Waals surface area contributed by atoms with Crippen molar-refractivity contribution in [2.24, 2.45) is 41.2 Å². The Hall–Kier alpha value is -1.68. The van der Waals surface area contributed by atoms with E-state index in [2.05, 4.69) is 71.2 Å². The minimum atomic E-state index is -1.02. The number of hydrogen-bond acceptors (Lipinski definition) is 7. The van der Waals surface area contributed by atoms with Crippen LogP contribution in [-0.4, -0.2) is 105 Å². The molecule has 278 valence electrons. The molecule has 0 bridgehead atoms. The topological polar surface area (TPSA) is 164 Å². The molecule has 0 heterocycles. The summed E-state index contributed by atoms with van der Waals surface area (Å²) in [5, 5.41) is 14.3. The summed E-state index contributed by atoms with van der Waals surface area (Å²) in [5.41, 5.74) is 5.16. The second-order valence-corrected chi connectivity index (χ2v) is 13.2. The fraction of sp³-hybridized carbons (Fsp3) is 0.853. The summed E-state index contributed by atoms with van der Waals surface area (Å²) in [6.07, 6.45) is 0. The van der Waals surface area contributed by atoms with Crippen LogP contribution in [0.4, 0.5) is 0 Å². The summed E-state index contributed by atoms with van der Waals surface area (Å²) in [6.45, 7) is 29.9. The van der Waals surface area contributed by atoms with Crippen molar-refractivity contribution in [2.45, 2.75) is 96.9 Å². The van der Waals surface area contributed by atoms with E-state index in [0.717, 1.165) is 24.9 Å². The molecule has 0 radical (unpaired) electrons. The third-order valence-electron chi connectivity index (χ3n) is 5.08. The second-order valence-electron chi connectivity index (χ2n) is 13.2. The van der Waals surface area contributed by atoms with Gasteiger partial charge in [0.15, 0.2) is 0 Å². The zero-order valence-electron chi connectivity index (χ0n) is 32.8. The van der Waals surface area contributed by atoms with Crippen molar-refractivity contribution in [3.05, 3.63) is 5.32 Å². The van der Waals surface area contributed by atoms with Crippen molar-refractivity contribution >= 4 is 29.4 Å². The van der Waals surface area contributed by atoms with Crippen molar-refractivity contribution in [1.29, 1.82) is 0 Å². The number of nitrogens with two attached hydrogens (primary N) is 1. The average Bonchev–Trinajstić information content (AvgIpc) is 2.87. The summed E-state index contributed by atoms with van der Waals surface area (Å²) in [5.74, 6) is 1.59. The minimum Gasteiger partial charge on any atom is -0.665 e. The summed E-state index contributed by atoms with van der Waals surface area (Å²) < 4.78 is 0. The number of hydrogen-bond donors (Lipinski definition) is 3. The molecule has 0 aliphatic rings. The largest absolute Gasteiger partial charge is 0.665 e. The Balaban J connectivity index is -0.0000000802. The third-order valence-corrected chi connectivity index (χ3v) is 5.08. The minimum absolute atomic E-state index is 0. The Bertz CT molecular complexity index is 720. The molecule has 4 N–H and O–H groups in total. The van der Waals surface area contributed by atoms with Gasteiger partial charge in [0.2, 0.25) is 11.8 Å². The number of carbonyl (C=O) groups is 5. The van der Waals surface area contributed by atoms with Crippen LogP contribution in [-0.2, 0) is 45.0 Å². The molecule has 0 aromatic carbocycles. The summed E-state index contributed by atoms with van der Waals surface area (Å²) in [7, 11) is 7.81. The van der Waals surface area contributed by atoms with Gasteiger partial charge >= 0.3 is 5.97 Å². The molecule has 0 aromatic heterocycles. The van der Waals surface area contributed by atoms with Gasteiger partial charge in [0.1, 0.15) is 18.1 Å². The molecule has 0 atom stereocenters. The number of amides is 2. The van der Waals surface area contributed by atoms with Gasteiger partial charge in [-0.2, -0.15) is 7.05 Å². The summed E-state index contributed by atoms with van der Waals surface area (Å²) in [6, 6.07) is 0. The fourth-order valence-corrected chi connectivity index (χ4v) is 2.27. The first-order valence-electron chi connectivity index (χ1n) is 15.9. The average molecular weight is 833 g/mol. The molecule has 0 rings (SSSR count). The number of carboxylic acids is 1. The Labute approximate surface area is 298 Å². The Morgan fingerprint density at radius 3 is 1.17 bits per heavy atom. The van der Waals surface area contributed by atoms with Crippen molar-refractivity contribution in [1.82, 2.24) is 15.1 Å². The van der Waals surface area contributed by atoms with Crippen molar-refractivity contribution in [3.8, 4) is 0 Å². The van der Waals surface area contributed by atoms with E-state index in [9.17, 15) is 24.0 Å². The molecular weight excluding hydrogens is 758 g/mol. The number of Topliss-reactive ketones (excluding diaryl/α,β-unsaturated/α-hetero) is 2. The van der Waals surface area contributed by atoms with Gasteiger partial charge in [-0.05, 0) is 46.3 Å². The van der Waals surface area contributed by atoms with E-state index in [1.54, 1.807) is 39.6 Å². The maximum atomic E-state index is 10.8. The molecule has 0 aliphatic heterocycles. The quantitative estimate of drug-likeness (QED) is 0.241. The predicted octanol–water partition coefficient (Wildman–Crippen LogP) is 5.21. The molecule has 0 saturated carbocycles. The standard InChI is InChI=1S/C7H16N2O.C6H11NO3.C6H15N.C5H12N.2C5H10O.W/c1-6(2)5-9(3)7(10)4-8;1-4(2)6(10)7-3-5(8)9;1-6(2)5-7(3)4;1-5(2)4-6-3;2*1-4(2)5(3)6;/h6H,4-5,8H2,1-3H3;4H,3H2,1-2H3,(H,7,10)(H,8,9);6H,5H2,1-4H3;5H,4H2,1-3H3;2*4H,1-3H3;/q;;;-1;;;. The number of rotatable bonds is 12. The van der Waals surface area contributed by atoms with E-state index >= 15 is 0 Å². The molecule has 12 heteroatoms. The van der Waals surface area contributed by atoms with Crippen LogP contribution in [0.5, 0.6) is 0 Å². The van der Waals surface area contributed by atoms with E-state index in [-0.39, 0.29) is 75.3 Å². The Morgan fingerprint density at radius 1 is 0.696 bits per heavy atom. The monoisotopic (exact) mass is 833 g/mol. The number of ketones is 2. The van der Waals surface area contributed by atoms with Gasteiger partial charge in [-0.25, -0.2) is 0 Å². The number of nitrogens with one attached hydrogen (secondary N) is 1. The van der Waals surface area contributed by atoms with Crippen LogP contribution in [0.15, 0.2) is 0 Å². The fourth-order valence-electron chi connectivity index (χ4n) is 2.27. The zero-order valence-corrected chi connectivity index (χ0v) is 35.7. The van der Waals surface area contributed by atoms with Crippen LogP contribution in [0.3, 0.4) is 0 Å². The molecule has 46 heavy (non-hydrogen) atoms. The van der Waals surface area contributed by atoms with Crippen LogP contribution >= 0.6 is 0 Å². The van der Waals surface area contributed by atoms with Gasteiger partial charge in [0.05, 0.1) is 6.54 Å². The number of carboxylic acid groups (broad SMARTS) is 1. The number of aliphatic carboxylic acids is 1. The first-order valence-corrected chi connectivity index (χ1v) is 15.9. The van der Waals surface area contributed by atoms with Crippen LogP contribution in [0.25, 0.3) is 5.32 Å². The van der Waals surface area contributed by atoms with Gasteiger partial charge in [-0.3, -0.25) is 24.0 Å². The Kier molecular flexibility index (Phi) is 51.3. The first-order chi connectivity index (χ1) is 20.3. The third kappa shape index (κ3) is 69.2. The predicted molar refractivity (Wildman–Crippen MR) is 190 cm³/mol. The van der Waals surface area contributed by atoms with E-state index in [4.69, 9.17) is 10.8 Å². The van der Waals surface area contributed by atoms with Crippen molar-refractivity contribution in [3.63, 3.8) is 0 Å². The molecule has 0 saturated heterocycles. The maximum absolute atomic E-state index is 10.8. The normalized spacial score (nSPS) is 9.70. The smallest absolute Gasteiger partial charge is 0.322 e. The van der Waals surface area contributed by atoms with E-state index in [0.29, 0.717) is 5.92 Å². The second kappa shape index (κ2) is 39.5. The van der Waals surface area contributed by atoms with E-state index in [1.165, 1.54) is 6.54 Å². The van der Waals surface area contributed by atoms with Crippen LogP contribution in [0.2, 0.25) is 0 Å². The van der Waals surface area contributed by atoms with Gasteiger partial charge in [-0.1, -0.05) is 89.0 Å². The number of likely N-dealkylation sites (N-methyl/N-ethyl adjacent to an activating group) is 1. The van der Waals surface area contributed by atoms with Gasteiger partial charge in [0, 0.05) is 52.4 Å². The molecule has 0 spiro atoms. The molecular formula is C34H74N5O6W-. The molecule has 0 fully saturated rings. The Morgan fingerprint density at radius 2 is 1.04 bits per heavy atom. The number of carbonyl (C=O) groups excluding carboxylic acids is 4. The maximum Gasteiger partial charge on any atom is 0.322 e. The SMILES string of the molecule is CC(=O)C(C)C.CC(=O)C(C)C.CC(C)C(=O)NCC(=O)O.CC(C)CN(C)C.CC(C)CN(C)C(=O)CN.C[N-]CC(C)C.[W].